The van der Waals surface area contributed by atoms with E-state index in [0.717, 1.165) is 118 Å². The number of fused-ring (bicyclic) bond motifs is 2. The van der Waals surface area contributed by atoms with Gasteiger partial charge in [0.2, 0.25) is 0 Å². The molecule has 10 rings (SSSR count). The second kappa shape index (κ2) is 25.8. The number of H-pyrrole nitrogens is 2. The zero-order valence-corrected chi connectivity index (χ0v) is 41.3. The van der Waals surface area contributed by atoms with Gasteiger partial charge in [0.25, 0.3) is 0 Å². The van der Waals surface area contributed by atoms with Crippen LogP contribution in [0.15, 0.2) is 158 Å². The number of aldehydes is 1. The van der Waals surface area contributed by atoms with E-state index in [1.54, 1.807) is 12.1 Å². The number of benzene rings is 6. The zero-order chi connectivity index (χ0) is 49.2. The summed E-state index contributed by atoms with van der Waals surface area (Å²) < 4.78 is 0. The molecule has 0 aliphatic carbocycles. The van der Waals surface area contributed by atoms with Gasteiger partial charge in [-0.15, -0.1) is 0 Å². The Morgan fingerprint density at radius 1 is 0.592 bits per heavy atom. The summed E-state index contributed by atoms with van der Waals surface area (Å²) in [7, 11) is 0. The molecule has 0 bridgehead atoms. The van der Waals surface area contributed by atoms with Crippen molar-refractivity contribution in [3.05, 3.63) is 181 Å². The zero-order valence-electron chi connectivity index (χ0n) is 41.3. The van der Waals surface area contributed by atoms with Gasteiger partial charge in [0.05, 0.1) is 35.9 Å². The van der Waals surface area contributed by atoms with Gasteiger partial charge in [0.1, 0.15) is 29.5 Å². The van der Waals surface area contributed by atoms with Crippen molar-refractivity contribution in [1.29, 1.82) is 0 Å². The third-order valence-electron chi connectivity index (χ3n) is 13.6. The van der Waals surface area contributed by atoms with Crippen LogP contribution in [0.5, 0.6) is 0 Å². The lowest BCUT2D eigenvalue weighted by atomic mass is 10.1. The molecule has 2 aliphatic heterocycles. The number of nitrogens with zero attached hydrogens (tertiary/aromatic N) is 5. The molecule has 366 valence electrons. The molecule has 2 aliphatic rings. The maximum Gasteiger partial charge on any atom is 0.150 e. The van der Waals surface area contributed by atoms with E-state index in [4.69, 9.17) is 4.98 Å². The highest BCUT2D eigenvalue weighted by Gasteiger charge is 2.30. The molecule has 8 aromatic rings. The number of nitrogens with one attached hydrogen (secondary N) is 3. The van der Waals surface area contributed by atoms with Crippen LogP contribution < -0.4 is 5.32 Å². The number of carbonyl (C=O) groups is 3. The molecule has 4 heterocycles. The van der Waals surface area contributed by atoms with E-state index in [2.05, 4.69) is 150 Å². The lowest BCUT2D eigenvalue weighted by molar-refractivity contribution is -0.119. The van der Waals surface area contributed by atoms with Crippen LogP contribution in [-0.4, -0.2) is 105 Å². The molecular weight excluding hydrogens is 881 g/mol. The van der Waals surface area contributed by atoms with Gasteiger partial charge >= 0.3 is 0 Å². The molecule has 0 amide bonds. The van der Waals surface area contributed by atoms with Gasteiger partial charge in [-0.3, -0.25) is 19.3 Å². The van der Waals surface area contributed by atoms with Crippen molar-refractivity contribution in [2.45, 2.75) is 71.0 Å². The first-order valence-corrected chi connectivity index (χ1v) is 25.4. The van der Waals surface area contributed by atoms with Crippen LogP contribution in [0.4, 0.5) is 0 Å². The highest BCUT2D eigenvalue weighted by molar-refractivity contribution is 5.87. The third-order valence-corrected chi connectivity index (χ3v) is 13.6. The van der Waals surface area contributed by atoms with Crippen molar-refractivity contribution in [2.24, 2.45) is 0 Å². The van der Waals surface area contributed by atoms with E-state index in [0.29, 0.717) is 37.2 Å². The normalized spacial score (nSPS) is 16.4. The number of ketones is 2. The van der Waals surface area contributed by atoms with E-state index >= 15 is 0 Å². The van der Waals surface area contributed by atoms with Crippen molar-refractivity contribution in [3.8, 4) is 22.5 Å². The summed E-state index contributed by atoms with van der Waals surface area (Å²) in [6.45, 7) is 12.5. The summed E-state index contributed by atoms with van der Waals surface area (Å²) in [4.78, 5) is 57.4. The van der Waals surface area contributed by atoms with E-state index < -0.39 is 0 Å². The molecule has 11 nitrogen and oxygen atoms in total. The Morgan fingerprint density at radius 2 is 1.11 bits per heavy atom. The summed E-state index contributed by atoms with van der Waals surface area (Å²) in [6, 6.07) is 50.1. The fourth-order valence-electron chi connectivity index (χ4n) is 9.46. The third kappa shape index (κ3) is 14.4. The number of Topliss-reactive ketones (excluding diaryl/α,β-unsaturated/α-hetero) is 2. The SMILES string of the molecule is CCC(=O)CCCN1CCN(Cc2ccccc2)C(c2ncc(-c3ccc4ccccc4c3)[nH]2)C1.CCC(=O)CCCN1CCNC(c2ncc(-c3ccc4ccccc4c3)[nH]2)C1.O=Cc1ccccc1. The van der Waals surface area contributed by atoms with E-state index in [1.165, 1.54) is 27.1 Å². The number of hydrogen-bond acceptors (Lipinski definition) is 9. The number of piperazine rings is 2. The summed E-state index contributed by atoms with van der Waals surface area (Å²) in [5.41, 5.74) is 6.46. The first-order valence-electron chi connectivity index (χ1n) is 25.4. The molecule has 2 unspecified atom stereocenters. The minimum atomic E-state index is 0.181. The molecule has 0 radical (unpaired) electrons. The smallest absolute Gasteiger partial charge is 0.150 e. The van der Waals surface area contributed by atoms with Crippen LogP contribution in [0.1, 0.15) is 92.0 Å². The quantitative estimate of drug-likeness (QED) is 0.0764. The summed E-state index contributed by atoms with van der Waals surface area (Å²) in [5.74, 6) is 2.71. The summed E-state index contributed by atoms with van der Waals surface area (Å²) >= 11 is 0. The van der Waals surface area contributed by atoms with Crippen molar-refractivity contribution >= 4 is 39.4 Å². The van der Waals surface area contributed by atoms with Crippen LogP contribution in [-0.2, 0) is 16.1 Å². The molecule has 6 aromatic carbocycles. The Labute approximate surface area is 418 Å². The van der Waals surface area contributed by atoms with Gasteiger partial charge in [0.15, 0.2) is 0 Å². The van der Waals surface area contributed by atoms with Crippen molar-refractivity contribution in [2.75, 3.05) is 52.4 Å². The maximum absolute atomic E-state index is 11.8. The highest BCUT2D eigenvalue weighted by Crippen LogP contribution is 2.30. The number of hydrogen-bond donors (Lipinski definition) is 3. The molecule has 71 heavy (non-hydrogen) atoms. The number of rotatable bonds is 17. The second-order valence-corrected chi connectivity index (χ2v) is 18.6. The standard InChI is InChI=1S/C30H34N4O.C23H28N4O.C7H6O/c1-2-27(35)13-8-16-33-17-18-34(21-23-9-4-3-5-10-23)29(22-33)30-31-20-28(32-30)26-15-14-24-11-6-7-12-25(24)19-26;1-2-20(28)8-5-12-27-13-11-24-22(16-27)23-25-15-21(26-23)19-10-9-17-6-3-4-7-18(17)14-19;8-6-7-4-2-1-3-5-7/h3-7,9-12,14-15,19-20,29H,2,8,13,16-18,21-22H2,1H3,(H,31,32);3-4,6-7,9-10,14-15,22,24H,2,5,8,11-13,16H2,1H3,(H,25,26);1-6H. The van der Waals surface area contributed by atoms with Crippen LogP contribution in [0, 0.1) is 0 Å². The first kappa shape index (κ1) is 50.5. The topological polar surface area (TPSA) is 130 Å². The van der Waals surface area contributed by atoms with Crippen molar-refractivity contribution in [1.82, 2.24) is 40.0 Å². The van der Waals surface area contributed by atoms with Crippen molar-refractivity contribution < 1.29 is 14.4 Å². The summed E-state index contributed by atoms with van der Waals surface area (Å²) in [6.07, 6.45) is 9.26. The molecule has 2 atom stereocenters. The van der Waals surface area contributed by atoms with Crippen LogP contribution in [0.3, 0.4) is 0 Å². The fourth-order valence-corrected chi connectivity index (χ4v) is 9.46. The molecule has 0 saturated carbocycles. The largest absolute Gasteiger partial charge is 0.341 e. The molecule has 2 fully saturated rings. The Morgan fingerprint density at radius 3 is 1.68 bits per heavy atom. The average molecular weight is 949 g/mol. The van der Waals surface area contributed by atoms with Crippen molar-refractivity contribution in [3.63, 3.8) is 0 Å². The Balaban J connectivity index is 0.000000167. The lowest BCUT2D eigenvalue weighted by Gasteiger charge is -2.40. The van der Waals surface area contributed by atoms with Gasteiger partial charge in [-0.05, 0) is 65.2 Å². The molecule has 2 saturated heterocycles. The Kier molecular flexibility index (Phi) is 18.4. The monoisotopic (exact) mass is 949 g/mol. The highest BCUT2D eigenvalue weighted by atomic mass is 16.1. The lowest BCUT2D eigenvalue weighted by Crippen LogP contribution is -2.48. The van der Waals surface area contributed by atoms with Gasteiger partial charge in [-0.1, -0.05) is 147 Å². The second-order valence-electron chi connectivity index (χ2n) is 18.6. The first-order chi connectivity index (χ1) is 34.8. The molecular formula is C60H68N8O3. The van der Waals surface area contributed by atoms with Crippen LogP contribution in [0.2, 0.25) is 0 Å². The molecule has 11 heteroatoms. The van der Waals surface area contributed by atoms with E-state index in [1.807, 2.05) is 44.4 Å². The van der Waals surface area contributed by atoms with Gasteiger partial charge in [-0.2, -0.15) is 0 Å². The molecule has 2 aromatic heterocycles. The number of carbonyl (C=O) groups excluding carboxylic acids is 3. The minimum Gasteiger partial charge on any atom is -0.341 e. The van der Waals surface area contributed by atoms with Gasteiger partial charge in [0, 0.05) is 88.2 Å². The van der Waals surface area contributed by atoms with E-state index in [9.17, 15) is 14.4 Å². The average Bonchev–Trinajstić information content (AvgIpc) is 4.14. The molecule has 3 N–H and O–H groups in total. The van der Waals surface area contributed by atoms with Gasteiger partial charge < -0.3 is 25.1 Å². The molecule has 0 spiro atoms. The fraction of sp³-hybridized carbons (Fsp3) is 0.317. The van der Waals surface area contributed by atoms with Crippen LogP contribution >= 0.6 is 0 Å². The number of aromatic amines is 2. The predicted octanol–water partition coefficient (Wildman–Crippen LogP) is 11.3. The predicted molar refractivity (Wildman–Crippen MR) is 287 cm³/mol. The maximum atomic E-state index is 11.8. The number of aromatic nitrogens is 4. The van der Waals surface area contributed by atoms with Gasteiger partial charge in [-0.25, -0.2) is 9.97 Å². The van der Waals surface area contributed by atoms with E-state index in [-0.39, 0.29) is 12.1 Å². The summed E-state index contributed by atoms with van der Waals surface area (Å²) in [5, 5.41) is 8.53. The number of imidazole rings is 2. The van der Waals surface area contributed by atoms with Crippen LogP contribution in [0.25, 0.3) is 44.1 Å². The minimum absolute atomic E-state index is 0.181. The Bertz CT molecular complexity index is 2930. The Hall–Kier alpha value is -6.89.